The topological polar surface area (TPSA) is 56.2 Å². The molecule has 5 nitrogen and oxygen atoms in total. The van der Waals surface area contributed by atoms with Crippen LogP contribution < -0.4 is 10.1 Å². The van der Waals surface area contributed by atoms with Gasteiger partial charge in [0.1, 0.15) is 5.75 Å². The van der Waals surface area contributed by atoms with Crippen LogP contribution in [0.5, 0.6) is 5.75 Å². The van der Waals surface area contributed by atoms with Gasteiger partial charge in [0.15, 0.2) is 0 Å². The van der Waals surface area contributed by atoms with Crippen LogP contribution in [0.25, 0.3) is 0 Å². The smallest absolute Gasteiger partial charge is 0.471 e. The number of rotatable bonds is 6. The molecule has 0 atom stereocenters. The minimum atomic E-state index is -4.94. The molecule has 22 heavy (non-hydrogen) atoms. The number of aryl methyl sites for hydroxylation is 1. The first-order valence-electron chi connectivity index (χ1n) is 6.54. The van der Waals surface area contributed by atoms with Crippen LogP contribution >= 0.6 is 0 Å². The van der Waals surface area contributed by atoms with Gasteiger partial charge in [0.25, 0.3) is 0 Å². The van der Waals surface area contributed by atoms with E-state index in [-0.39, 0.29) is 5.95 Å². The first-order chi connectivity index (χ1) is 10.5. The molecule has 1 aromatic heterocycles. The van der Waals surface area contributed by atoms with E-state index in [1.807, 2.05) is 30.3 Å². The van der Waals surface area contributed by atoms with E-state index in [0.29, 0.717) is 19.6 Å². The van der Waals surface area contributed by atoms with Gasteiger partial charge in [-0.1, -0.05) is 18.2 Å². The third-order valence-corrected chi connectivity index (χ3v) is 2.75. The Morgan fingerprint density at radius 1 is 1.27 bits per heavy atom. The zero-order chi connectivity index (χ0) is 16.0. The van der Waals surface area contributed by atoms with Crippen LogP contribution in [-0.4, -0.2) is 28.2 Å². The lowest BCUT2D eigenvalue weighted by Crippen LogP contribution is -2.31. The third kappa shape index (κ3) is 4.51. The highest BCUT2D eigenvalue weighted by Gasteiger charge is 2.39. The highest BCUT2D eigenvalue weighted by molar-refractivity contribution is 5.93. The van der Waals surface area contributed by atoms with Crippen LogP contribution in [0.2, 0.25) is 0 Å². The van der Waals surface area contributed by atoms with E-state index in [4.69, 9.17) is 4.74 Å². The monoisotopic (exact) mass is 313 g/mol. The van der Waals surface area contributed by atoms with Crippen LogP contribution in [0.3, 0.4) is 0 Å². The standard InChI is InChI=1S/C14H14F3N3O2/c15-14(16,17)12(21)19-13-18-7-9-20(13)8-4-10-22-11-5-2-1-3-6-11/h1-3,5-7,9H,4,8,10H2,(H,18,19,21). The van der Waals surface area contributed by atoms with E-state index < -0.39 is 12.1 Å². The molecule has 0 aliphatic heterocycles. The predicted molar refractivity (Wildman–Crippen MR) is 73.5 cm³/mol. The van der Waals surface area contributed by atoms with Crippen molar-refractivity contribution >= 4 is 11.9 Å². The van der Waals surface area contributed by atoms with Crippen molar-refractivity contribution in [1.82, 2.24) is 9.55 Å². The van der Waals surface area contributed by atoms with Gasteiger partial charge in [-0.2, -0.15) is 13.2 Å². The molecule has 0 bridgehead atoms. The van der Waals surface area contributed by atoms with Gasteiger partial charge in [-0.05, 0) is 18.6 Å². The molecule has 0 aliphatic carbocycles. The van der Waals surface area contributed by atoms with E-state index in [0.717, 1.165) is 5.75 Å². The number of halogens is 3. The van der Waals surface area contributed by atoms with Crippen molar-refractivity contribution in [2.24, 2.45) is 0 Å². The highest BCUT2D eigenvalue weighted by Crippen LogP contribution is 2.17. The molecule has 118 valence electrons. The summed E-state index contributed by atoms with van der Waals surface area (Å²) in [5.41, 5.74) is 0. The summed E-state index contributed by atoms with van der Waals surface area (Å²) in [6, 6.07) is 9.18. The van der Waals surface area contributed by atoms with Crippen molar-refractivity contribution < 1.29 is 22.7 Å². The number of hydrogen-bond donors (Lipinski definition) is 1. The summed E-state index contributed by atoms with van der Waals surface area (Å²) in [4.78, 5) is 14.6. The normalized spacial score (nSPS) is 11.2. The number of hydrogen-bond acceptors (Lipinski definition) is 3. The summed E-state index contributed by atoms with van der Waals surface area (Å²) in [5, 5.41) is 1.74. The number of para-hydroxylation sites is 1. The van der Waals surface area contributed by atoms with E-state index in [1.54, 1.807) is 5.32 Å². The lowest BCUT2D eigenvalue weighted by Gasteiger charge is -2.11. The fourth-order valence-electron chi connectivity index (χ4n) is 1.73. The maximum atomic E-state index is 12.2. The van der Waals surface area contributed by atoms with Gasteiger partial charge in [-0.15, -0.1) is 0 Å². The summed E-state index contributed by atoms with van der Waals surface area (Å²) < 4.78 is 43.5. The van der Waals surface area contributed by atoms with E-state index in [9.17, 15) is 18.0 Å². The van der Waals surface area contributed by atoms with Gasteiger partial charge in [0.05, 0.1) is 6.61 Å². The number of nitrogens with zero attached hydrogens (tertiary/aromatic N) is 2. The number of carbonyl (C=O) groups excluding carboxylic acids is 1. The molecule has 0 fully saturated rings. The molecule has 0 saturated carbocycles. The van der Waals surface area contributed by atoms with Crippen molar-refractivity contribution in [2.75, 3.05) is 11.9 Å². The Bertz CT molecular complexity index is 611. The molecular formula is C14H14F3N3O2. The van der Waals surface area contributed by atoms with Crippen LogP contribution in [-0.2, 0) is 11.3 Å². The molecule has 8 heteroatoms. The van der Waals surface area contributed by atoms with Gasteiger partial charge >= 0.3 is 12.1 Å². The van der Waals surface area contributed by atoms with Crippen molar-refractivity contribution in [2.45, 2.75) is 19.1 Å². The van der Waals surface area contributed by atoms with Gasteiger partial charge < -0.3 is 9.30 Å². The van der Waals surface area contributed by atoms with Crippen molar-refractivity contribution in [3.05, 3.63) is 42.7 Å². The fourth-order valence-corrected chi connectivity index (χ4v) is 1.73. The zero-order valence-corrected chi connectivity index (χ0v) is 11.5. The van der Waals surface area contributed by atoms with E-state index >= 15 is 0 Å². The first-order valence-corrected chi connectivity index (χ1v) is 6.54. The number of alkyl halides is 3. The molecule has 0 saturated heterocycles. The molecule has 2 rings (SSSR count). The van der Waals surface area contributed by atoms with Gasteiger partial charge in [-0.3, -0.25) is 10.1 Å². The molecule has 1 aromatic carbocycles. The molecule has 1 amide bonds. The summed E-state index contributed by atoms with van der Waals surface area (Å²) in [7, 11) is 0. The molecule has 1 heterocycles. The number of ether oxygens (including phenoxy) is 1. The second-order valence-electron chi connectivity index (χ2n) is 4.41. The van der Waals surface area contributed by atoms with Crippen molar-refractivity contribution in [3.63, 3.8) is 0 Å². The first kappa shape index (κ1) is 15.9. The average Bonchev–Trinajstić information content (AvgIpc) is 2.91. The Morgan fingerprint density at radius 2 is 2.00 bits per heavy atom. The molecule has 0 aliphatic rings. The number of aromatic nitrogens is 2. The molecular weight excluding hydrogens is 299 g/mol. The summed E-state index contributed by atoms with van der Waals surface area (Å²) >= 11 is 0. The number of imidazole rings is 1. The Morgan fingerprint density at radius 3 is 2.68 bits per heavy atom. The van der Waals surface area contributed by atoms with Gasteiger partial charge in [-0.25, -0.2) is 4.98 Å². The minimum Gasteiger partial charge on any atom is -0.494 e. The minimum absolute atomic E-state index is 0.137. The van der Waals surface area contributed by atoms with Crippen LogP contribution in [0, 0.1) is 0 Å². The van der Waals surface area contributed by atoms with Gasteiger partial charge in [0, 0.05) is 18.9 Å². The second kappa shape index (κ2) is 6.97. The number of amides is 1. The van der Waals surface area contributed by atoms with Gasteiger partial charge in [0.2, 0.25) is 5.95 Å². The summed E-state index contributed by atoms with van der Waals surface area (Å²) in [6.07, 6.45) is -1.56. The highest BCUT2D eigenvalue weighted by atomic mass is 19.4. The molecule has 0 spiro atoms. The van der Waals surface area contributed by atoms with Crippen LogP contribution in [0.15, 0.2) is 42.7 Å². The quantitative estimate of drug-likeness (QED) is 0.834. The third-order valence-electron chi connectivity index (χ3n) is 2.75. The number of nitrogens with one attached hydrogen (secondary N) is 1. The number of benzene rings is 1. The van der Waals surface area contributed by atoms with Crippen LogP contribution in [0.4, 0.5) is 19.1 Å². The summed E-state index contributed by atoms with van der Waals surface area (Å²) in [5.74, 6) is -1.46. The molecule has 1 N–H and O–H groups in total. The Kier molecular flexibility index (Phi) is 5.03. The largest absolute Gasteiger partial charge is 0.494 e. The van der Waals surface area contributed by atoms with Crippen molar-refractivity contribution in [1.29, 1.82) is 0 Å². The number of carbonyl (C=O) groups is 1. The molecule has 0 radical (unpaired) electrons. The molecule has 0 unspecified atom stereocenters. The van der Waals surface area contributed by atoms with Crippen molar-refractivity contribution in [3.8, 4) is 5.75 Å². The lowest BCUT2D eigenvalue weighted by atomic mass is 10.3. The molecule has 2 aromatic rings. The maximum absolute atomic E-state index is 12.2. The Hall–Kier alpha value is -2.51. The zero-order valence-electron chi connectivity index (χ0n) is 11.5. The fraction of sp³-hybridized carbons (Fsp3) is 0.286. The van der Waals surface area contributed by atoms with Crippen LogP contribution in [0.1, 0.15) is 6.42 Å². The van der Waals surface area contributed by atoms with E-state index in [1.165, 1.54) is 17.0 Å². The Balaban J connectivity index is 1.82. The maximum Gasteiger partial charge on any atom is 0.471 e. The lowest BCUT2D eigenvalue weighted by molar-refractivity contribution is -0.167. The predicted octanol–water partition coefficient (Wildman–Crippen LogP) is 2.85. The average molecular weight is 313 g/mol. The Labute approximate surface area is 124 Å². The SMILES string of the molecule is O=C(Nc1nccn1CCCOc1ccccc1)C(F)(F)F. The number of anilines is 1. The summed E-state index contributed by atoms with van der Waals surface area (Å²) in [6.45, 7) is 0.773. The second-order valence-corrected chi connectivity index (χ2v) is 4.41. The van der Waals surface area contributed by atoms with E-state index in [2.05, 4.69) is 4.98 Å².